The molecule has 65 heavy (non-hydrogen) atoms. The summed E-state index contributed by atoms with van der Waals surface area (Å²) < 4.78 is 12.9. The zero-order chi connectivity index (χ0) is 43.2. The fourth-order valence-corrected chi connectivity index (χ4v) is 10.0. The molecule has 3 heterocycles. The Morgan fingerprint density at radius 3 is 1.68 bits per heavy atom. The lowest BCUT2D eigenvalue weighted by Gasteiger charge is -2.22. The molecule has 13 rings (SSSR count). The van der Waals surface area contributed by atoms with Crippen LogP contribution in [0.15, 0.2) is 209 Å². The average Bonchev–Trinajstić information content (AvgIpc) is 4.01. The maximum Gasteiger partial charge on any atom is 0.164 e. The Balaban J connectivity index is 0.921. The summed E-state index contributed by atoms with van der Waals surface area (Å²) in [5.41, 5.74) is 18.0. The first-order valence-electron chi connectivity index (χ1n) is 22.1. The maximum absolute atomic E-state index is 6.55. The van der Waals surface area contributed by atoms with Crippen molar-refractivity contribution < 1.29 is 8.83 Å². The summed E-state index contributed by atoms with van der Waals surface area (Å²) in [7, 11) is 0. The third-order valence-electron chi connectivity index (χ3n) is 13.4. The molecule has 9 aromatic carbocycles. The molecule has 0 amide bonds. The molecule has 0 unspecified atom stereocenters. The van der Waals surface area contributed by atoms with Crippen LogP contribution in [0.1, 0.15) is 25.0 Å². The molecule has 0 aliphatic heterocycles. The van der Waals surface area contributed by atoms with Crippen molar-refractivity contribution in [1.82, 2.24) is 15.0 Å². The molecule has 3 aromatic heterocycles. The van der Waals surface area contributed by atoms with Crippen molar-refractivity contribution in [3.05, 3.63) is 211 Å². The Morgan fingerprint density at radius 2 is 0.831 bits per heavy atom. The zero-order valence-electron chi connectivity index (χ0n) is 35.7. The minimum absolute atomic E-state index is 0.0504. The van der Waals surface area contributed by atoms with Gasteiger partial charge in [-0.25, -0.2) is 15.0 Å². The summed E-state index contributed by atoms with van der Waals surface area (Å²) in [5, 5.41) is 4.08. The standard InChI is InChI=1S/C60H39N3O2/c1-60(2)50-19-8-6-16-44(50)45-29-26-41(34-51(45)60)38-24-22-37(23-25-38)40-28-31-53-49(33-40)56-48(18-11-21-54(56)64-53)59-62-57(42-15-10-14-39(32-42)36-12-4-3-5-13-36)61-58(63-59)43-27-30-47-46-17-7-9-20-52(46)65-55(47)35-43/h3-35H,1-2H3. The normalized spacial score (nSPS) is 12.9. The van der Waals surface area contributed by atoms with Gasteiger partial charge in [-0.2, -0.15) is 0 Å². The minimum Gasteiger partial charge on any atom is -0.456 e. The number of aromatic nitrogens is 3. The SMILES string of the molecule is CC1(C)c2ccccc2-c2ccc(-c3ccc(-c4ccc5oc6cccc(-c7nc(-c8cccc(-c9ccccc9)c8)nc(-c8ccc9c(c8)oc8ccccc89)n7)c6c5c4)cc3)cc21. The van der Waals surface area contributed by atoms with Crippen molar-refractivity contribution in [1.29, 1.82) is 0 Å². The van der Waals surface area contributed by atoms with Gasteiger partial charge in [-0.3, -0.25) is 0 Å². The fourth-order valence-electron chi connectivity index (χ4n) is 10.0. The van der Waals surface area contributed by atoms with E-state index in [1.165, 1.54) is 33.4 Å². The Bertz CT molecular complexity index is 3860. The molecule has 1 aliphatic rings. The second kappa shape index (κ2) is 14.3. The van der Waals surface area contributed by atoms with E-state index in [0.717, 1.165) is 82.8 Å². The summed E-state index contributed by atoms with van der Waals surface area (Å²) in [4.78, 5) is 15.6. The molecule has 306 valence electrons. The van der Waals surface area contributed by atoms with Crippen LogP contribution in [0.4, 0.5) is 0 Å². The highest BCUT2D eigenvalue weighted by molar-refractivity contribution is 6.13. The molecule has 0 saturated heterocycles. The van der Waals surface area contributed by atoms with Crippen molar-refractivity contribution in [3.63, 3.8) is 0 Å². The van der Waals surface area contributed by atoms with Crippen LogP contribution in [-0.2, 0) is 5.41 Å². The molecule has 5 heteroatoms. The average molecular weight is 834 g/mol. The van der Waals surface area contributed by atoms with Gasteiger partial charge in [0, 0.05) is 43.7 Å². The first-order valence-corrected chi connectivity index (χ1v) is 22.1. The molecule has 0 radical (unpaired) electrons. The number of furan rings is 2. The van der Waals surface area contributed by atoms with Gasteiger partial charge >= 0.3 is 0 Å². The zero-order valence-corrected chi connectivity index (χ0v) is 35.7. The summed E-state index contributed by atoms with van der Waals surface area (Å²) in [5.74, 6) is 1.69. The van der Waals surface area contributed by atoms with E-state index in [0.29, 0.717) is 17.5 Å². The molecule has 12 aromatic rings. The Labute approximate surface area is 375 Å². The summed E-state index contributed by atoms with van der Waals surface area (Å²) in [6.45, 7) is 4.66. The summed E-state index contributed by atoms with van der Waals surface area (Å²) >= 11 is 0. The Hall–Kier alpha value is -8.41. The molecular formula is C60H39N3O2. The molecule has 0 saturated carbocycles. The van der Waals surface area contributed by atoms with Crippen LogP contribution < -0.4 is 0 Å². The molecule has 5 nitrogen and oxygen atoms in total. The van der Waals surface area contributed by atoms with Gasteiger partial charge in [0.15, 0.2) is 17.5 Å². The van der Waals surface area contributed by atoms with Crippen molar-refractivity contribution in [2.75, 3.05) is 0 Å². The molecular weight excluding hydrogens is 795 g/mol. The molecule has 1 aliphatic carbocycles. The Morgan fingerprint density at radius 1 is 0.308 bits per heavy atom. The van der Waals surface area contributed by atoms with E-state index < -0.39 is 0 Å². The molecule has 0 fully saturated rings. The number of para-hydroxylation sites is 1. The number of nitrogens with zero attached hydrogens (tertiary/aromatic N) is 3. The predicted octanol–water partition coefficient (Wildman–Crippen LogP) is 16.0. The Kier molecular flexibility index (Phi) is 8.18. The van der Waals surface area contributed by atoms with Gasteiger partial charge in [0.05, 0.1) is 0 Å². The number of benzene rings is 9. The minimum atomic E-state index is -0.0504. The summed E-state index contributed by atoms with van der Waals surface area (Å²) in [6, 6.07) is 70.3. The maximum atomic E-state index is 6.55. The quantitative estimate of drug-likeness (QED) is 0.167. The van der Waals surface area contributed by atoms with E-state index in [2.05, 4.69) is 172 Å². The molecule has 0 atom stereocenters. The largest absolute Gasteiger partial charge is 0.456 e. The van der Waals surface area contributed by atoms with Crippen LogP contribution in [0.3, 0.4) is 0 Å². The topological polar surface area (TPSA) is 65.0 Å². The van der Waals surface area contributed by atoms with Crippen LogP contribution >= 0.6 is 0 Å². The van der Waals surface area contributed by atoms with Gasteiger partial charge in [0.25, 0.3) is 0 Å². The van der Waals surface area contributed by atoms with E-state index >= 15 is 0 Å². The van der Waals surface area contributed by atoms with Crippen LogP contribution in [-0.4, -0.2) is 15.0 Å². The highest BCUT2D eigenvalue weighted by Crippen LogP contribution is 2.49. The third-order valence-corrected chi connectivity index (χ3v) is 13.4. The van der Waals surface area contributed by atoms with Crippen LogP contribution in [0.25, 0.3) is 123 Å². The first-order chi connectivity index (χ1) is 31.9. The van der Waals surface area contributed by atoms with Crippen LogP contribution in [0.5, 0.6) is 0 Å². The van der Waals surface area contributed by atoms with Gasteiger partial charge < -0.3 is 8.83 Å². The number of hydrogen-bond acceptors (Lipinski definition) is 5. The van der Waals surface area contributed by atoms with Gasteiger partial charge in [-0.05, 0) is 104 Å². The van der Waals surface area contributed by atoms with Crippen LogP contribution in [0, 0.1) is 0 Å². The molecule has 0 bridgehead atoms. The van der Waals surface area contributed by atoms with Crippen molar-refractivity contribution in [2.45, 2.75) is 19.3 Å². The lowest BCUT2D eigenvalue weighted by Crippen LogP contribution is -2.14. The van der Waals surface area contributed by atoms with Crippen molar-refractivity contribution in [2.24, 2.45) is 0 Å². The van der Waals surface area contributed by atoms with E-state index in [-0.39, 0.29) is 5.41 Å². The highest BCUT2D eigenvalue weighted by Gasteiger charge is 2.35. The second-order valence-corrected chi connectivity index (χ2v) is 17.6. The lowest BCUT2D eigenvalue weighted by atomic mass is 9.81. The molecule has 0 N–H and O–H groups in total. The van der Waals surface area contributed by atoms with Gasteiger partial charge in [-0.15, -0.1) is 0 Å². The summed E-state index contributed by atoms with van der Waals surface area (Å²) in [6.07, 6.45) is 0. The predicted molar refractivity (Wildman–Crippen MR) is 265 cm³/mol. The number of fused-ring (bicyclic) bond motifs is 9. The first kappa shape index (κ1) is 37.2. The number of hydrogen-bond donors (Lipinski definition) is 0. The number of rotatable bonds is 6. The van der Waals surface area contributed by atoms with E-state index in [9.17, 15) is 0 Å². The lowest BCUT2D eigenvalue weighted by molar-refractivity contribution is 0.660. The van der Waals surface area contributed by atoms with Gasteiger partial charge in [0.2, 0.25) is 0 Å². The van der Waals surface area contributed by atoms with E-state index in [1.807, 2.05) is 42.5 Å². The van der Waals surface area contributed by atoms with Crippen molar-refractivity contribution >= 4 is 43.9 Å². The monoisotopic (exact) mass is 833 g/mol. The third kappa shape index (κ3) is 6.04. The van der Waals surface area contributed by atoms with E-state index in [1.54, 1.807) is 0 Å². The van der Waals surface area contributed by atoms with Gasteiger partial charge in [-0.1, -0.05) is 166 Å². The van der Waals surface area contributed by atoms with Gasteiger partial charge in [0.1, 0.15) is 22.3 Å². The fraction of sp³-hybridized carbons (Fsp3) is 0.0500. The molecule has 0 spiro atoms. The van der Waals surface area contributed by atoms with Crippen molar-refractivity contribution in [3.8, 4) is 78.7 Å². The smallest absolute Gasteiger partial charge is 0.164 e. The van der Waals surface area contributed by atoms with E-state index in [4.69, 9.17) is 23.8 Å². The second-order valence-electron chi connectivity index (χ2n) is 17.6. The highest BCUT2D eigenvalue weighted by atomic mass is 16.3. The van der Waals surface area contributed by atoms with Crippen LogP contribution in [0.2, 0.25) is 0 Å².